The molecule has 0 aliphatic heterocycles. The van der Waals surface area contributed by atoms with Crippen molar-refractivity contribution in [2.45, 2.75) is 31.6 Å². The first kappa shape index (κ1) is 14.1. The van der Waals surface area contributed by atoms with Crippen molar-refractivity contribution in [1.82, 2.24) is 0 Å². The number of halogens is 1. The summed E-state index contributed by atoms with van der Waals surface area (Å²) in [6.07, 6.45) is 0.453. The summed E-state index contributed by atoms with van der Waals surface area (Å²) in [6.45, 7) is 3.40. The van der Waals surface area contributed by atoms with Crippen LogP contribution in [0.15, 0.2) is 24.3 Å². The Kier molecular flexibility index (Phi) is 4.65. The molecule has 5 heteroatoms. The Morgan fingerprint density at radius 3 is 2.18 bits per heavy atom. The molecule has 96 valence electrons. The molecule has 0 saturated heterocycles. The van der Waals surface area contributed by atoms with Crippen molar-refractivity contribution in [3.63, 3.8) is 0 Å². The van der Waals surface area contributed by atoms with E-state index in [1.165, 1.54) is 24.3 Å². The summed E-state index contributed by atoms with van der Waals surface area (Å²) >= 11 is 0. The van der Waals surface area contributed by atoms with E-state index in [1.807, 2.05) is 0 Å². The van der Waals surface area contributed by atoms with Crippen LogP contribution in [0.2, 0.25) is 0 Å². The number of hydrogen-bond acceptors (Lipinski definition) is 3. The van der Waals surface area contributed by atoms with Gasteiger partial charge in [-0.3, -0.25) is 0 Å². The van der Waals surface area contributed by atoms with Crippen molar-refractivity contribution < 1.29 is 12.8 Å². The molecular weight excluding hydrogens is 241 g/mol. The van der Waals surface area contributed by atoms with E-state index in [2.05, 4.69) is 0 Å². The van der Waals surface area contributed by atoms with E-state index in [0.717, 1.165) is 0 Å². The average Bonchev–Trinajstić information content (AvgIpc) is 2.30. The minimum Gasteiger partial charge on any atom is -0.323 e. The van der Waals surface area contributed by atoms with E-state index in [1.54, 1.807) is 13.8 Å². The van der Waals surface area contributed by atoms with Gasteiger partial charge in [-0.1, -0.05) is 26.0 Å². The molecule has 2 N–H and O–H groups in total. The summed E-state index contributed by atoms with van der Waals surface area (Å²) in [5, 5.41) is -0.613. The highest BCUT2D eigenvalue weighted by Gasteiger charge is 2.29. The molecule has 17 heavy (non-hydrogen) atoms. The molecule has 0 aliphatic rings. The molecule has 0 saturated carbocycles. The van der Waals surface area contributed by atoms with Crippen molar-refractivity contribution in [1.29, 1.82) is 0 Å². The average molecular weight is 259 g/mol. The molecule has 0 aliphatic carbocycles. The van der Waals surface area contributed by atoms with E-state index in [4.69, 9.17) is 5.73 Å². The van der Waals surface area contributed by atoms with Crippen molar-refractivity contribution in [3.8, 4) is 0 Å². The third-order valence-corrected chi connectivity index (χ3v) is 5.28. The molecule has 2 atom stereocenters. The van der Waals surface area contributed by atoms with Crippen molar-refractivity contribution in [2.24, 2.45) is 5.73 Å². The van der Waals surface area contributed by atoms with Gasteiger partial charge in [0.1, 0.15) is 5.82 Å². The van der Waals surface area contributed by atoms with Crippen LogP contribution in [0.3, 0.4) is 0 Å². The Bertz CT molecular complexity index is 456. The maximum Gasteiger partial charge on any atom is 0.154 e. The normalized spacial score (nSPS) is 15.5. The summed E-state index contributed by atoms with van der Waals surface area (Å²) in [6, 6.07) is 5.05. The van der Waals surface area contributed by atoms with Crippen LogP contribution < -0.4 is 5.73 Å². The largest absolute Gasteiger partial charge is 0.323 e. The Morgan fingerprint density at radius 2 is 1.76 bits per heavy atom. The van der Waals surface area contributed by atoms with Gasteiger partial charge in [0.2, 0.25) is 0 Å². The van der Waals surface area contributed by atoms with Crippen molar-refractivity contribution in [3.05, 3.63) is 35.6 Å². The van der Waals surface area contributed by atoms with Gasteiger partial charge in [0.15, 0.2) is 9.84 Å². The van der Waals surface area contributed by atoms with Gasteiger partial charge < -0.3 is 5.73 Å². The minimum absolute atomic E-state index is 0.0698. The van der Waals surface area contributed by atoms with Crippen LogP contribution in [-0.2, 0) is 9.84 Å². The third kappa shape index (κ3) is 3.26. The van der Waals surface area contributed by atoms with Gasteiger partial charge in [-0.15, -0.1) is 0 Å². The summed E-state index contributed by atoms with van der Waals surface area (Å²) in [5.74, 6) is -0.284. The summed E-state index contributed by atoms with van der Waals surface area (Å²) < 4.78 is 36.5. The third-order valence-electron chi connectivity index (χ3n) is 2.92. The molecule has 0 bridgehead atoms. The van der Waals surface area contributed by atoms with Gasteiger partial charge in [-0.05, 0) is 24.1 Å². The predicted molar refractivity (Wildman–Crippen MR) is 66.9 cm³/mol. The van der Waals surface area contributed by atoms with Crippen LogP contribution in [0.5, 0.6) is 0 Å². The van der Waals surface area contributed by atoms with E-state index >= 15 is 0 Å². The molecule has 1 aromatic carbocycles. The first-order chi connectivity index (χ1) is 7.92. The second-order valence-electron chi connectivity index (χ2n) is 3.98. The van der Waals surface area contributed by atoms with Gasteiger partial charge in [0.25, 0.3) is 0 Å². The van der Waals surface area contributed by atoms with Crippen LogP contribution in [0.1, 0.15) is 31.9 Å². The lowest BCUT2D eigenvalue weighted by molar-refractivity contribution is 0.548. The molecule has 3 nitrogen and oxygen atoms in total. The van der Waals surface area contributed by atoms with E-state index < -0.39 is 21.1 Å². The summed E-state index contributed by atoms with van der Waals surface area (Å²) in [4.78, 5) is 0. The fourth-order valence-electron chi connectivity index (χ4n) is 1.84. The first-order valence-corrected chi connectivity index (χ1v) is 7.36. The lowest BCUT2D eigenvalue weighted by Gasteiger charge is -2.22. The smallest absolute Gasteiger partial charge is 0.154 e. The molecule has 0 aromatic heterocycles. The standard InChI is InChI=1S/C12H18FNO2S/c1-3-11(17(15,16)4-2)12(14)9-5-7-10(13)8-6-9/h5-8,11-12H,3-4,14H2,1-2H3/t11-,12-/m0/s1. The molecular formula is C12H18FNO2S. The predicted octanol–water partition coefficient (Wildman–Crippen LogP) is 2.04. The number of sulfone groups is 1. The topological polar surface area (TPSA) is 60.2 Å². The molecule has 0 unspecified atom stereocenters. The molecule has 0 fully saturated rings. The zero-order valence-electron chi connectivity index (χ0n) is 10.1. The van der Waals surface area contributed by atoms with Gasteiger partial charge in [0.05, 0.1) is 5.25 Å². The summed E-state index contributed by atoms with van der Waals surface area (Å²) in [5.41, 5.74) is 6.61. The number of benzene rings is 1. The highest BCUT2D eigenvalue weighted by atomic mass is 32.2. The molecule has 0 spiro atoms. The Labute approximate surface area is 102 Å². The lowest BCUT2D eigenvalue weighted by Crippen LogP contribution is -2.34. The monoisotopic (exact) mass is 259 g/mol. The highest BCUT2D eigenvalue weighted by molar-refractivity contribution is 7.92. The molecule has 0 amide bonds. The van der Waals surface area contributed by atoms with Crippen LogP contribution in [0.4, 0.5) is 4.39 Å². The molecule has 1 rings (SSSR count). The Hall–Kier alpha value is -0.940. The SMILES string of the molecule is CC[C@@H]([C@@H](N)c1ccc(F)cc1)S(=O)(=O)CC. The maximum atomic E-state index is 12.8. The zero-order chi connectivity index (χ0) is 13.1. The maximum absolute atomic E-state index is 12.8. The van der Waals surface area contributed by atoms with E-state index in [9.17, 15) is 12.8 Å². The fraction of sp³-hybridized carbons (Fsp3) is 0.500. The Morgan fingerprint density at radius 1 is 1.24 bits per heavy atom. The molecule has 0 radical (unpaired) electrons. The van der Waals surface area contributed by atoms with Crippen LogP contribution >= 0.6 is 0 Å². The van der Waals surface area contributed by atoms with Crippen LogP contribution in [0.25, 0.3) is 0 Å². The highest BCUT2D eigenvalue weighted by Crippen LogP contribution is 2.23. The zero-order valence-corrected chi connectivity index (χ0v) is 10.9. The number of hydrogen-bond donors (Lipinski definition) is 1. The second-order valence-corrected chi connectivity index (χ2v) is 6.48. The van der Waals surface area contributed by atoms with Gasteiger partial charge in [-0.2, -0.15) is 0 Å². The van der Waals surface area contributed by atoms with Gasteiger partial charge in [-0.25, -0.2) is 12.8 Å². The Balaban J connectivity index is 3.02. The molecule has 0 heterocycles. The summed E-state index contributed by atoms with van der Waals surface area (Å²) in [7, 11) is -3.19. The number of rotatable bonds is 5. The van der Waals surface area contributed by atoms with Crippen LogP contribution in [0, 0.1) is 5.82 Å². The van der Waals surface area contributed by atoms with Crippen molar-refractivity contribution in [2.75, 3.05) is 5.75 Å². The fourth-order valence-corrected chi connectivity index (χ4v) is 3.38. The quantitative estimate of drug-likeness (QED) is 0.880. The van der Waals surface area contributed by atoms with E-state index in [0.29, 0.717) is 12.0 Å². The van der Waals surface area contributed by atoms with Crippen molar-refractivity contribution >= 4 is 9.84 Å². The minimum atomic E-state index is -3.19. The van der Waals surface area contributed by atoms with Gasteiger partial charge in [0, 0.05) is 11.8 Å². The van der Waals surface area contributed by atoms with Crippen LogP contribution in [-0.4, -0.2) is 19.4 Å². The molecule has 1 aromatic rings. The lowest BCUT2D eigenvalue weighted by atomic mass is 10.0. The van der Waals surface area contributed by atoms with E-state index in [-0.39, 0.29) is 11.6 Å². The van der Waals surface area contributed by atoms with Gasteiger partial charge >= 0.3 is 0 Å². The number of nitrogens with two attached hydrogens (primary N) is 1. The second kappa shape index (κ2) is 5.60. The first-order valence-electron chi connectivity index (χ1n) is 5.65.